The Morgan fingerprint density at radius 2 is 2.15 bits per heavy atom. The first-order valence-corrected chi connectivity index (χ1v) is 4.70. The number of nitrogens with zero attached hydrogens (tertiary/aromatic N) is 1. The van der Waals surface area contributed by atoms with Gasteiger partial charge in [0.2, 0.25) is 0 Å². The lowest BCUT2D eigenvalue weighted by molar-refractivity contribution is -0.138. The number of ether oxygens (including phenoxy) is 1. The van der Waals surface area contributed by atoms with Crippen molar-refractivity contribution in [2.24, 2.45) is 5.92 Å². The third kappa shape index (κ3) is 3.09. The molecule has 0 N–H and O–H groups in total. The quantitative estimate of drug-likeness (QED) is 0.487. The maximum Gasteiger partial charge on any atom is 0.335 e. The molecule has 1 rings (SSSR count). The standard InChI is InChI=1S/C10H17NO2/c1-4-13-10(12)9(7-11(2)3)8-5-6-8/h7-8H,4-6H2,1-3H3/b9-7+. The summed E-state index contributed by atoms with van der Waals surface area (Å²) in [7, 11) is 3.84. The van der Waals surface area contributed by atoms with E-state index in [-0.39, 0.29) is 5.97 Å². The summed E-state index contributed by atoms with van der Waals surface area (Å²) >= 11 is 0. The summed E-state index contributed by atoms with van der Waals surface area (Å²) < 4.78 is 4.97. The van der Waals surface area contributed by atoms with Gasteiger partial charge < -0.3 is 9.64 Å². The van der Waals surface area contributed by atoms with Crippen molar-refractivity contribution in [1.29, 1.82) is 0 Å². The van der Waals surface area contributed by atoms with Crippen molar-refractivity contribution in [1.82, 2.24) is 4.90 Å². The van der Waals surface area contributed by atoms with E-state index in [1.165, 1.54) is 0 Å². The zero-order valence-electron chi connectivity index (χ0n) is 8.54. The van der Waals surface area contributed by atoms with E-state index in [1.807, 2.05) is 32.1 Å². The maximum atomic E-state index is 11.4. The van der Waals surface area contributed by atoms with Crippen molar-refractivity contribution in [3.05, 3.63) is 11.8 Å². The minimum absolute atomic E-state index is 0.154. The molecule has 0 spiro atoms. The summed E-state index contributed by atoms with van der Waals surface area (Å²) in [5, 5.41) is 0. The molecule has 1 aliphatic carbocycles. The Morgan fingerprint density at radius 1 is 1.54 bits per heavy atom. The van der Waals surface area contributed by atoms with Crippen LogP contribution in [0.3, 0.4) is 0 Å². The van der Waals surface area contributed by atoms with Gasteiger partial charge in [0.1, 0.15) is 0 Å². The molecule has 0 bridgehead atoms. The Hall–Kier alpha value is -0.990. The molecule has 0 unspecified atom stereocenters. The molecule has 0 aromatic heterocycles. The highest BCUT2D eigenvalue weighted by Crippen LogP contribution is 2.37. The third-order valence-corrected chi connectivity index (χ3v) is 1.93. The molecular formula is C10H17NO2. The Bertz CT molecular complexity index is 217. The van der Waals surface area contributed by atoms with Gasteiger partial charge in [-0.1, -0.05) is 0 Å². The topological polar surface area (TPSA) is 29.5 Å². The monoisotopic (exact) mass is 183 g/mol. The zero-order valence-corrected chi connectivity index (χ0v) is 8.54. The van der Waals surface area contributed by atoms with E-state index in [2.05, 4.69) is 0 Å². The highest BCUT2D eigenvalue weighted by atomic mass is 16.5. The Labute approximate surface area is 79.4 Å². The summed E-state index contributed by atoms with van der Waals surface area (Å²) in [6, 6.07) is 0. The van der Waals surface area contributed by atoms with E-state index in [4.69, 9.17) is 4.74 Å². The summed E-state index contributed by atoms with van der Waals surface area (Å²) in [5.74, 6) is 0.292. The molecule has 1 saturated carbocycles. The second-order valence-electron chi connectivity index (χ2n) is 3.54. The Morgan fingerprint density at radius 3 is 2.54 bits per heavy atom. The molecule has 74 valence electrons. The van der Waals surface area contributed by atoms with Gasteiger partial charge in [-0.3, -0.25) is 0 Å². The molecule has 1 fully saturated rings. The summed E-state index contributed by atoms with van der Waals surface area (Å²) in [5.41, 5.74) is 0.826. The van der Waals surface area contributed by atoms with Gasteiger partial charge in [-0.15, -0.1) is 0 Å². The predicted molar refractivity (Wildman–Crippen MR) is 51.1 cm³/mol. The predicted octanol–water partition coefficient (Wildman–Crippen LogP) is 1.41. The van der Waals surface area contributed by atoms with E-state index < -0.39 is 0 Å². The van der Waals surface area contributed by atoms with Crippen molar-refractivity contribution in [2.75, 3.05) is 20.7 Å². The van der Waals surface area contributed by atoms with Gasteiger partial charge in [0, 0.05) is 20.3 Å². The first-order chi connectivity index (χ1) is 6.15. The second-order valence-corrected chi connectivity index (χ2v) is 3.54. The fraction of sp³-hybridized carbons (Fsp3) is 0.700. The van der Waals surface area contributed by atoms with Gasteiger partial charge in [0.05, 0.1) is 12.2 Å². The Kier molecular flexibility index (Phi) is 3.34. The fourth-order valence-corrected chi connectivity index (χ4v) is 1.21. The first kappa shape index (κ1) is 10.1. The summed E-state index contributed by atoms with van der Waals surface area (Å²) in [4.78, 5) is 13.3. The summed E-state index contributed by atoms with van der Waals surface area (Å²) in [6.07, 6.45) is 4.12. The highest BCUT2D eigenvalue weighted by molar-refractivity contribution is 5.89. The molecule has 13 heavy (non-hydrogen) atoms. The van der Waals surface area contributed by atoms with Crippen LogP contribution in [-0.4, -0.2) is 31.6 Å². The normalized spacial score (nSPS) is 17.0. The smallest absolute Gasteiger partial charge is 0.335 e. The molecular weight excluding hydrogens is 166 g/mol. The average molecular weight is 183 g/mol. The number of hydrogen-bond acceptors (Lipinski definition) is 3. The average Bonchev–Trinajstić information content (AvgIpc) is 2.82. The van der Waals surface area contributed by atoms with Crippen molar-refractivity contribution in [2.45, 2.75) is 19.8 Å². The molecule has 3 nitrogen and oxygen atoms in total. The van der Waals surface area contributed by atoms with Crippen molar-refractivity contribution >= 4 is 5.97 Å². The number of esters is 1. The summed E-state index contributed by atoms with van der Waals surface area (Å²) in [6.45, 7) is 2.29. The van der Waals surface area contributed by atoms with Gasteiger partial charge in [-0.2, -0.15) is 0 Å². The van der Waals surface area contributed by atoms with E-state index in [0.29, 0.717) is 12.5 Å². The molecule has 0 aromatic rings. The van der Waals surface area contributed by atoms with Crippen LogP contribution in [0.1, 0.15) is 19.8 Å². The third-order valence-electron chi connectivity index (χ3n) is 1.93. The molecule has 0 amide bonds. The van der Waals surface area contributed by atoms with Crippen molar-refractivity contribution in [3.8, 4) is 0 Å². The van der Waals surface area contributed by atoms with Gasteiger partial charge >= 0.3 is 5.97 Å². The first-order valence-electron chi connectivity index (χ1n) is 4.70. The molecule has 0 atom stereocenters. The second kappa shape index (κ2) is 4.30. The highest BCUT2D eigenvalue weighted by Gasteiger charge is 2.31. The molecule has 0 aromatic carbocycles. The van der Waals surface area contributed by atoms with Crippen LogP contribution < -0.4 is 0 Å². The van der Waals surface area contributed by atoms with Crippen LogP contribution in [0.4, 0.5) is 0 Å². The lowest BCUT2D eigenvalue weighted by Gasteiger charge is -2.10. The molecule has 1 aliphatic rings. The van der Waals surface area contributed by atoms with Gasteiger partial charge in [-0.05, 0) is 25.7 Å². The lowest BCUT2D eigenvalue weighted by Crippen LogP contribution is -2.13. The minimum Gasteiger partial charge on any atom is -0.463 e. The SMILES string of the molecule is CCOC(=O)/C(=C/N(C)C)C1CC1. The van der Waals surface area contributed by atoms with Gasteiger partial charge in [0.25, 0.3) is 0 Å². The van der Waals surface area contributed by atoms with E-state index >= 15 is 0 Å². The molecule has 0 heterocycles. The number of carbonyl (C=O) groups excluding carboxylic acids is 1. The van der Waals surface area contributed by atoms with E-state index in [0.717, 1.165) is 18.4 Å². The molecule has 0 radical (unpaired) electrons. The number of rotatable bonds is 4. The number of carbonyl (C=O) groups is 1. The van der Waals surface area contributed by atoms with Gasteiger partial charge in [0.15, 0.2) is 0 Å². The van der Waals surface area contributed by atoms with Crippen LogP contribution in [0.15, 0.2) is 11.8 Å². The van der Waals surface area contributed by atoms with Crippen LogP contribution >= 0.6 is 0 Å². The Balaban J connectivity index is 2.61. The maximum absolute atomic E-state index is 11.4. The molecule has 0 aliphatic heterocycles. The zero-order chi connectivity index (χ0) is 9.84. The van der Waals surface area contributed by atoms with Crippen molar-refractivity contribution < 1.29 is 9.53 Å². The van der Waals surface area contributed by atoms with Crippen LogP contribution in [0.2, 0.25) is 0 Å². The van der Waals surface area contributed by atoms with Crippen LogP contribution in [0.25, 0.3) is 0 Å². The van der Waals surface area contributed by atoms with Crippen LogP contribution in [-0.2, 0) is 9.53 Å². The van der Waals surface area contributed by atoms with E-state index in [9.17, 15) is 4.79 Å². The van der Waals surface area contributed by atoms with Crippen LogP contribution in [0, 0.1) is 5.92 Å². The molecule has 0 saturated heterocycles. The van der Waals surface area contributed by atoms with Gasteiger partial charge in [-0.25, -0.2) is 4.79 Å². The van der Waals surface area contributed by atoms with Crippen molar-refractivity contribution in [3.63, 3.8) is 0 Å². The molecule has 3 heteroatoms. The van der Waals surface area contributed by atoms with Crippen LogP contribution in [0.5, 0.6) is 0 Å². The minimum atomic E-state index is -0.154. The largest absolute Gasteiger partial charge is 0.463 e. The lowest BCUT2D eigenvalue weighted by atomic mass is 10.2. The number of hydrogen-bond donors (Lipinski definition) is 0. The van der Waals surface area contributed by atoms with E-state index in [1.54, 1.807) is 0 Å². The fourth-order valence-electron chi connectivity index (χ4n) is 1.21.